The number of rotatable bonds is 9. The summed E-state index contributed by atoms with van der Waals surface area (Å²) in [6.45, 7) is 2.24. The van der Waals surface area contributed by atoms with E-state index in [1.165, 1.54) is 44.9 Å². The molecule has 0 heterocycles. The molecule has 0 N–H and O–H groups in total. The molecular formula is C12H21BrO. The molecule has 0 aliphatic rings. The van der Waals surface area contributed by atoms with Crippen LogP contribution in [0.4, 0.5) is 0 Å². The van der Waals surface area contributed by atoms with Crippen LogP contribution < -0.4 is 0 Å². The molecule has 0 aromatic rings. The SMILES string of the molecule is CCCCCCCCCCC(Br)=C=O. The zero-order valence-corrected chi connectivity index (χ0v) is 10.7. The van der Waals surface area contributed by atoms with E-state index >= 15 is 0 Å². The molecule has 0 bridgehead atoms. The Morgan fingerprint density at radius 1 is 1.00 bits per heavy atom. The molecule has 82 valence electrons. The highest BCUT2D eigenvalue weighted by Gasteiger charge is 1.94. The van der Waals surface area contributed by atoms with Gasteiger partial charge in [-0.2, -0.15) is 0 Å². The summed E-state index contributed by atoms with van der Waals surface area (Å²) in [5.74, 6) is 1.87. The van der Waals surface area contributed by atoms with Gasteiger partial charge in [-0.15, -0.1) is 0 Å². The van der Waals surface area contributed by atoms with Gasteiger partial charge in [0, 0.05) is 0 Å². The predicted octanol–water partition coefficient (Wildman–Crippen LogP) is 4.63. The van der Waals surface area contributed by atoms with Crippen LogP contribution in [-0.2, 0) is 4.79 Å². The van der Waals surface area contributed by atoms with Crippen LogP contribution in [0.2, 0.25) is 0 Å². The average molecular weight is 261 g/mol. The third kappa shape index (κ3) is 10.0. The molecule has 0 atom stereocenters. The van der Waals surface area contributed by atoms with Crippen molar-refractivity contribution in [3.63, 3.8) is 0 Å². The molecule has 14 heavy (non-hydrogen) atoms. The fourth-order valence-electron chi connectivity index (χ4n) is 1.47. The van der Waals surface area contributed by atoms with Crippen molar-refractivity contribution in [3.05, 3.63) is 4.48 Å². The van der Waals surface area contributed by atoms with Crippen LogP contribution in [0.3, 0.4) is 0 Å². The molecule has 0 radical (unpaired) electrons. The minimum atomic E-state index is 0.684. The number of allylic oxidation sites excluding steroid dienone is 1. The number of halogens is 1. The zero-order valence-electron chi connectivity index (χ0n) is 9.15. The first-order valence-corrected chi connectivity index (χ1v) is 6.50. The summed E-state index contributed by atoms with van der Waals surface area (Å²) in [5.41, 5.74) is 0. The Morgan fingerprint density at radius 2 is 1.50 bits per heavy atom. The molecular weight excluding hydrogens is 240 g/mol. The van der Waals surface area contributed by atoms with Gasteiger partial charge < -0.3 is 0 Å². The summed E-state index contributed by atoms with van der Waals surface area (Å²) in [6.07, 6.45) is 11.3. The second kappa shape index (κ2) is 11.0. The predicted molar refractivity (Wildman–Crippen MR) is 65.4 cm³/mol. The van der Waals surface area contributed by atoms with Gasteiger partial charge in [-0.1, -0.05) is 51.9 Å². The highest BCUT2D eigenvalue weighted by Crippen LogP contribution is 2.14. The number of carbonyl (C=O) groups excluding carboxylic acids is 1. The first kappa shape index (κ1) is 13.9. The van der Waals surface area contributed by atoms with E-state index in [1.807, 2.05) is 5.94 Å². The molecule has 0 unspecified atom stereocenters. The lowest BCUT2D eigenvalue weighted by Crippen LogP contribution is -1.81. The maximum Gasteiger partial charge on any atom is 0.135 e. The van der Waals surface area contributed by atoms with Gasteiger partial charge in [0.15, 0.2) is 0 Å². The summed E-state index contributed by atoms with van der Waals surface area (Å²) in [4.78, 5) is 10.1. The molecule has 0 spiro atoms. The van der Waals surface area contributed by atoms with E-state index in [2.05, 4.69) is 22.9 Å². The number of hydrogen-bond acceptors (Lipinski definition) is 1. The summed E-state index contributed by atoms with van der Waals surface area (Å²) in [7, 11) is 0. The van der Waals surface area contributed by atoms with Gasteiger partial charge in [-0.05, 0) is 28.8 Å². The van der Waals surface area contributed by atoms with Crippen LogP contribution in [0.5, 0.6) is 0 Å². The van der Waals surface area contributed by atoms with E-state index in [-0.39, 0.29) is 0 Å². The number of unbranched alkanes of at least 4 members (excludes halogenated alkanes) is 7. The molecule has 0 fully saturated rings. The lowest BCUT2D eigenvalue weighted by atomic mass is 10.1. The van der Waals surface area contributed by atoms with Crippen LogP contribution in [0.25, 0.3) is 0 Å². The van der Waals surface area contributed by atoms with Crippen LogP contribution >= 0.6 is 15.9 Å². The van der Waals surface area contributed by atoms with Crippen molar-refractivity contribution in [1.82, 2.24) is 0 Å². The van der Waals surface area contributed by atoms with E-state index in [0.29, 0.717) is 4.48 Å². The molecule has 0 saturated carbocycles. The van der Waals surface area contributed by atoms with Crippen molar-refractivity contribution in [2.75, 3.05) is 0 Å². The van der Waals surface area contributed by atoms with Gasteiger partial charge in [0.25, 0.3) is 0 Å². The maximum atomic E-state index is 10.1. The van der Waals surface area contributed by atoms with Crippen LogP contribution in [0.1, 0.15) is 64.7 Å². The van der Waals surface area contributed by atoms with Crippen molar-refractivity contribution in [1.29, 1.82) is 0 Å². The molecule has 0 amide bonds. The fourth-order valence-corrected chi connectivity index (χ4v) is 1.75. The fraction of sp³-hybridized carbons (Fsp3) is 0.833. The third-order valence-corrected chi connectivity index (χ3v) is 2.92. The monoisotopic (exact) mass is 260 g/mol. The topological polar surface area (TPSA) is 17.1 Å². The summed E-state index contributed by atoms with van der Waals surface area (Å²) >= 11 is 3.17. The summed E-state index contributed by atoms with van der Waals surface area (Å²) in [6, 6.07) is 0. The minimum Gasteiger partial charge on any atom is -0.233 e. The van der Waals surface area contributed by atoms with Crippen molar-refractivity contribution in [2.45, 2.75) is 64.7 Å². The Morgan fingerprint density at radius 3 is 2.00 bits per heavy atom. The quantitative estimate of drug-likeness (QED) is 0.437. The third-order valence-electron chi connectivity index (χ3n) is 2.36. The van der Waals surface area contributed by atoms with E-state index in [4.69, 9.17) is 0 Å². The van der Waals surface area contributed by atoms with Crippen molar-refractivity contribution in [2.24, 2.45) is 0 Å². The van der Waals surface area contributed by atoms with Gasteiger partial charge in [0.2, 0.25) is 0 Å². The molecule has 1 nitrogen and oxygen atoms in total. The minimum absolute atomic E-state index is 0.684. The van der Waals surface area contributed by atoms with Crippen LogP contribution in [0, 0.1) is 0 Å². The maximum absolute atomic E-state index is 10.1. The second-order valence-corrected chi connectivity index (χ2v) is 4.69. The second-order valence-electron chi connectivity index (χ2n) is 3.73. The lowest BCUT2D eigenvalue weighted by molar-refractivity contribution is 0.564. The lowest BCUT2D eigenvalue weighted by Gasteiger charge is -2.00. The highest BCUT2D eigenvalue weighted by molar-refractivity contribution is 9.11. The van der Waals surface area contributed by atoms with Crippen molar-refractivity contribution < 1.29 is 4.79 Å². The first-order valence-electron chi connectivity index (χ1n) is 5.70. The van der Waals surface area contributed by atoms with Gasteiger partial charge in [0.05, 0.1) is 4.48 Å². The molecule has 0 rings (SSSR count). The average Bonchev–Trinajstić information content (AvgIpc) is 2.21. The first-order chi connectivity index (χ1) is 6.81. The van der Waals surface area contributed by atoms with Crippen molar-refractivity contribution >= 4 is 21.9 Å². The molecule has 0 aromatic carbocycles. The van der Waals surface area contributed by atoms with Gasteiger partial charge in [-0.3, -0.25) is 0 Å². The van der Waals surface area contributed by atoms with E-state index in [0.717, 1.165) is 12.8 Å². The molecule has 0 aliphatic heterocycles. The highest BCUT2D eigenvalue weighted by atomic mass is 79.9. The molecule has 0 aliphatic carbocycles. The Kier molecular flexibility index (Phi) is 11.0. The Bertz CT molecular complexity index is 171. The zero-order chi connectivity index (χ0) is 10.6. The summed E-state index contributed by atoms with van der Waals surface area (Å²) in [5, 5.41) is 0. The molecule has 2 heteroatoms. The van der Waals surface area contributed by atoms with Gasteiger partial charge in [-0.25, -0.2) is 4.79 Å². The summed E-state index contributed by atoms with van der Waals surface area (Å²) < 4.78 is 0.684. The smallest absolute Gasteiger partial charge is 0.135 e. The van der Waals surface area contributed by atoms with Crippen LogP contribution in [-0.4, -0.2) is 5.94 Å². The number of hydrogen-bond donors (Lipinski definition) is 0. The van der Waals surface area contributed by atoms with Crippen LogP contribution in [0.15, 0.2) is 4.48 Å². The Hall–Kier alpha value is -0.0700. The largest absolute Gasteiger partial charge is 0.233 e. The Labute approximate surface area is 96.1 Å². The van der Waals surface area contributed by atoms with Gasteiger partial charge in [0.1, 0.15) is 5.94 Å². The standard InChI is InChI=1S/C12H21BrO/c1-2-3-4-5-6-7-8-9-10-12(13)11-14/h2-10H2,1H3. The normalized spacial score (nSPS) is 9.86. The van der Waals surface area contributed by atoms with E-state index in [9.17, 15) is 4.79 Å². The van der Waals surface area contributed by atoms with Gasteiger partial charge >= 0.3 is 0 Å². The molecule has 0 saturated heterocycles. The van der Waals surface area contributed by atoms with E-state index in [1.54, 1.807) is 0 Å². The Balaban J connectivity index is 3.03. The van der Waals surface area contributed by atoms with Crippen molar-refractivity contribution in [3.8, 4) is 0 Å². The molecule has 0 aromatic heterocycles. The van der Waals surface area contributed by atoms with E-state index < -0.39 is 0 Å².